The summed E-state index contributed by atoms with van der Waals surface area (Å²) < 4.78 is 16.8. The number of hydrogen-bond donors (Lipinski definition) is 1. The first kappa shape index (κ1) is 24.4. The number of piperidine rings is 1. The van der Waals surface area contributed by atoms with Gasteiger partial charge in [-0.1, -0.05) is 36.4 Å². The molecule has 2 aromatic carbocycles. The third kappa shape index (κ3) is 4.58. The number of H-pyrrole nitrogens is 1. The lowest BCUT2D eigenvalue weighted by atomic mass is 9.90. The molecule has 194 valence electrons. The number of nitrogens with zero attached hydrogens (tertiary/aromatic N) is 3. The van der Waals surface area contributed by atoms with Crippen molar-refractivity contribution in [2.75, 3.05) is 19.6 Å². The SMILES string of the molecule is O=c1c(-c2ccccc2)c2ccccn2c(=O)n1CCCCN1CCCC(c2c[nH]c3ccc(F)cc23)C1. The van der Waals surface area contributed by atoms with Crippen molar-refractivity contribution in [2.24, 2.45) is 0 Å². The van der Waals surface area contributed by atoms with E-state index in [9.17, 15) is 14.0 Å². The molecule has 0 saturated carbocycles. The first-order valence-electron chi connectivity index (χ1n) is 13.4. The Bertz CT molecular complexity index is 1700. The average molecular weight is 511 g/mol. The van der Waals surface area contributed by atoms with Crippen molar-refractivity contribution in [2.45, 2.75) is 38.1 Å². The molecule has 4 heterocycles. The molecular weight excluding hydrogens is 479 g/mol. The lowest BCUT2D eigenvalue weighted by Crippen LogP contribution is -2.39. The summed E-state index contributed by atoms with van der Waals surface area (Å²) in [5.41, 5.74) is 3.62. The summed E-state index contributed by atoms with van der Waals surface area (Å²) in [4.78, 5) is 32.5. The fourth-order valence-electron chi connectivity index (χ4n) is 5.92. The Hall–Kier alpha value is -3.97. The average Bonchev–Trinajstić information content (AvgIpc) is 3.36. The third-order valence-electron chi connectivity index (χ3n) is 7.80. The largest absolute Gasteiger partial charge is 0.361 e. The van der Waals surface area contributed by atoms with E-state index in [2.05, 4.69) is 9.88 Å². The van der Waals surface area contributed by atoms with Crippen LogP contribution in [0.15, 0.2) is 88.7 Å². The number of aromatic nitrogens is 3. The second-order valence-corrected chi connectivity index (χ2v) is 10.2. The van der Waals surface area contributed by atoms with E-state index in [4.69, 9.17) is 0 Å². The van der Waals surface area contributed by atoms with Gasteiger partial charge in [-0.2, -0.15) is 0 Å². The highest BCUT2D eigenvalue weighted by Crippen LogP contribution is 2.32. The first-order valence-corrected chi connectivity index (χ1v) is 13.4. The number of fused-ring (bicyclic) bond motifs is 2. The predicted molar refractivity (Wildman–Crippen MR) is 149 cm³/mol. The van der Waals surface area contributed by atoms with Crippen LogP contribution in [0.2, 0.25) is 0 Å². The van der Waals surface area contributed by atoms with Gasteiger partial charge >= 0.3 is 5.69 Å². The van der Waals surface area contributed by atoms with Crippen LogP contribution < -0.4 is 11.2 Å². The molecule has 0 aliphatic carbocycles. The van der Waals surface area contributed by atoms with Crippen LogP contribution in [0.4, 0.5) is 4.39 Å². The highest BCUT2D eigenvalue weighted by atomic mass is 19.1. The molecule has 1 aliphatic heterocycles. The first-order chi connectivity index (χ1) is 18.6. The van der Waals surface area contributed by atoms with Gasteiger partial charge in [-0.25, -0.2) is 9.18 Å². The molecule has 1 atom stereocenters. The van der Waals surface area contributed by atoms with Gasteiger partial charge in [0.1, 0.15) is 5.82 Å². The Morgan fingerprint density at radius 1 is 0.947 bits per heavy atom. The zero-order chi connectivity index (χ0) is 26.1. The molecule has 7 heteroatoms. The molecule has 1 unspecified atom stereocenters. The quantitative estimate of drug-likeness (QED) is 0.298. The minimum Gasteiger partial charge on any atom is -0.361 e. The van der Waals surface area contributed by atoms with Crippen molar-refractivity contribution in [3.05, 3.63) is 111 Å². The van der Waals surface area contributed by atoms with E-state index < -0.39 is 0 Å². The van der Waals surface area contributed by atoms with E-state index in [1.807, 2.05) is 54.7 Å². The van der Waals surface area contributed by atoms with E-state index >= 15 is 0 Å². The molecule has 1 fully saturated rings. The molecule has 1 saturated heterocycles. The number of halogens is 1. The number of aromatic amines is 1. The summed E-state index contributed by atoms with van der Waals surface area (Å²) in [6.45, 7) is 3.25. The van der Waals surface area contributed by atoms with Crippen LogP contribution in [-0.2, 0) is 6.54 Å². The molecular formula is C31H31FN4O2. The second kappa shape index (κ2) is 10.4. The van der Waals surface area contributed by atoms with Gasteiger partial charge in [0.15, 0.2) is 0 Å². The summed E-state index contributed by atoms with van der Waals surface area (Å²) in [7, 11) is 0. The van der Waals surface area contributed by atoms with Crippen LogP contribution in [-0.4, -0.2) is 38.5 Å². The summed E-state index contributed by atoms with van der Waals surface area (Å²) in [6.07, 6.45) is 7.57. The number of likely N-dealkylation sites (tertiary alicyclic amines) is 1. The number of rotatable bonds is 7. The van der Waals surface area contributed by atoms with Crippen molar-refractivity contribution < 1.29 is 4.39 Å². The highest BCUT2D eigenvalue weighted by Gasteiger charge is 2.23. The molecule has 6 nitrogen and oxygen atoms in total. The van der Waals surface area contributed by atoms with Crippen LogP contribution in [0.5, 0.6) is 0 Å². The number of pyridine rings is 1. The Morgan fingerprint density at radius 3 is 2.63 bits per heavy atom. The monoisotopic (exact) mass is 510 g/mol. The topological polar surface area (TPSA) is 62.5 Å². The highest BCUT2D eigenvalue weighted by molar-refractivity contribution is 5.84. The van der Waals surface area contributed by atoms with Gasteiger partial charge < -0.3 is 9.88 Å². The zero-order valence-corrected chi connectivity index (χ0v) is 21.3. The lowest BCUT2D eigenvalue weighted by Gasteiger charge is -2.32. The van der Waals surface area contributed by atoms with Crippen LogP contribution in [0.1, 0.15) is 37.2 Å². The zero-order valence-electron chi connectivity index (χ0n) is 21.3. The molecule has 38 heavy (non-hydrogen) atoms. The Labute approximate surface area is 220 Å². The summed E-state index contributed by atoms with van der Waals surface area (Å²) in [6, 6.07) is 20.0. The molecule has 0 radical (unpaired) electrons. The van der Waals surface area contributed by atoms with Crippen molar-refractivity contribution in [3.8, 4) is 11.1 Å². The molecule has 0 amide bonds. The molecule has 0 bridgehead atoms. The Kier molecular flexibility index (Phi) is 6.68. The van der Waals surface area contributed by atoms with E-state index in [1.54, 1.807) is 22.7 Å². The fraction of sp³-hybridized carbons (Fsp3) is 0.290. The van der Waals surface area contributed by atoms with Crippen molar-refractivity contribution >= 4 is 16.4 Å². The van der Waals surface area contributed by atoms with E-state index in [0.29, 0.717) is 23.5 Å². The van der Waals surface area contributed by atoms with Crippen LogP contribution in [0, 0.1) is 5.82 Å². The molecule has 0 spiro atoms. The normalized spacial score (nSPS) is 16.4. The van der Waals surface area contributed by atoms with Crippen LogP contribution in [0.25, 0.3) is 27.5 Å². The molecule has 1 aliphatic rings. The summed E-state index contributed by atoms with van der Waals surface area (Å²) >= 11 is 0. The Morgan fingerprint density at radius 2 is 1.76 bits per heavy atom. The molecule has 3 aromatic heterocycles. The van der Waals surface area contributed by atoms with Gasteiger partial charge in [-0.05, 0) is 86.1 Å². The van der Waals surface area contributed by atoms with Crippen molar-refractivity contribution in [1.29, 1.82) is 0 Å². The maximum atomic E-state index is 13.9. The van der Waals surface area contributed by atoms with Crippen molar-refractivity contribution in [1.82, 2.24) is 18.9 Å². The Balaban J connectivity index is 1.16. The maximum absolute atomic E-state index is 13.9. The standard InChI is InChI=1S/C31H31FN4O2/c32-24-13-14-27-25(19-24)26(20-33-27)23-11-8-16-34(21-23)15-6-7-18-36-30(37)29(22-9-2-1-3-10-22)28-12-4-5-17-35(28)31(36)38/h1-5,9-10,12-14,17,19-20,23,33H,6-8,11,15-16,18,21H2. The fourth-order valence-corrected chi connectivity index (χ4v) is 5.92. The summed E-state index contributed by atoms with van der Waals surface area (Å²) in [5, 5.41) is 0.974. The van der Waals surface area contributed by atoms with Crippen LogP contribution in [0.3, 0.4) is 0 Å². The van der Waals surface area contributed by atoms with Crippen LogP contribution >= 0.6 is 0 Å². The van der Waals surface area contributed by atoms with E-state index in [-0.39, 0.29) is 17.1 Å². The predicted octanol–water partition coefficient (Wildman–Crippen LogP) is 5.41. The van der Waals surface area contributed by atoms with Gasteiger partial charge in [0.2, 0.25) is 0 Å². The lowest BCUT2D eigenvalue weighted by molar-refractivity contribution is 0.204. The smallest absolute Gasteiger partial charge is 0.335 e. The molecule has 6 rings (SSSR count). The third-order valence-corrected chi connectivity index (χ3v) is 7.80. The van der Waals surface area contributed by atoms with E-state index in [1.165, 1.54) is 16.2 Å². The number of benzene rings is 2. The number of nitrogens with one attached hydrogen (secondary N) is 1. The molecule has 5 aromatic rings. The minimum atomic E-state index is -0.296. The maximum Gasteiger partial charge on any atom is 0.335 e. The number of unbranched alkanes of at least 4 members (excludes halogenated alkanes) is 1. The van der Waals surface area contributed by atoms with Gasteiger partial charge in [-0.15, -0.1) is 0 Å². The van der Waals surface area contributed by atoms with Crippen molar-refractivity contribution in [3.63, 3.8) is 0 Å². The van der Waals surface area contributed by atoms with Gasteiger partial charge in [0, 0.05) is 36.4 Å². The summed E-state index contributed by atoms with van der Waals surface area (Å²) in [5.74, 6) is 0.154. The van der Waals surface area contributed by atoms with Gasteiger partial charge in [-0.3, -0.25) is 13.8 Å². The van der Waals surface area contributed by atoms with E-state index in [0.717, 1.165) is 61.8 Å². The van der Waals surface area contributed by atoms with Gasteiger partial charge in [0.05, 0.1) is 11.1 Å². The minimum absolute atomic E-state index is 0.207. The second-order valence-electron chi connectivity index (χ2n) is 10.2. The number of hydrogen-bond acceptors (Lipinski definition) is 3. The van der Waals surface area contributed by atoms with Gasteiger partial charge in [0.25, 0.3) is 5.56 Å². The molecule has 1 N–H and O–H groups in total.